The van der Waals surface area contributed by atoms with Crippen LogP contribution in [0.25, 0.3) is 0 Å². The van der Waals surface area contributed by atoms with Gasteiger partial charge in [-0.15, -0.1) is 0 Å². The Morgan fingerprint density at radius 1 is 1.40 bits per heavy atom. The lowest BCUT2D eigenvalue weighted by molar-refractivity contribution is -0.133. The molecule has 1 aliphatic heterocycles. The maximum absolute atomic E-state index is 12.8. The number of nitrogens with one attached hydrogen (secondary N) is 1. The minimum atomic E-state index is -0.290. The predicted molar refractivity (Wildman–Crippen MR) is 72.3 cm³/mol. The maximum Gasteiger partial charge on any atom is 0.236 e. The van der Waals surface area contributed by atoms with E-state index in [0.29, 0.717) is 19.6 Å². The molecule has 20 heavy (non-hydrogen) atoms. The molecule has 0 aliphatic carbocycles. The van der Waals surface area contributed by atoms with Gasteiger partial charge in [0, 0.05) is 26.7 Å². The molecule has 1 fully saturated rings. The van der Waals surface area contributed by atoms with Gasteiger partial charge >= 0.3 is 0 Å². The van der Waals surface area contributed by atoms with Crippen LogP contribution in [0, 0.1) is 5.82 Å². The number of hydrogen-bond donors (Lipinski definition) is 1. The molecule has 0 saturated carbocycles. The highest BCUT2D eigenvalue weighted by molar-refractivity contribution is 5.81. The zero-order chi connectivity index (χ0) is 14.5. The van der Waals surface area contributed by atoms with Crippen molar-refractivity contribution in [1.82, 2.24) is 15.1 Å². The summed E-state index contributed by atoms with van der Waals surface area (Å²) in [4.78, 5) is 26.7. The van der Waals surface area contributed by atoms with Gasteiger partial charge < -0.3 is 10.2 Å². The first kappa shape index (κ1) is 14.5. The van der Waals surface area contributed by atoms with Crippen molar-refractivity contribution in [1.29, 1.82) is 0 Å². The third-order valence-electron chi connectivity index (χ3n) is 3.24. The number of hydrogen-bond acceptors (Lipinski definition) is 3. The highest BCUT2D eigenvalue weighted by atomic mass is 19.1. The SMILES string of the molecule is CN(Cc1ccc(F)cc1)C(=O)CN1CCNC(=O)C1. The van der Waals surface area contributed by atoms with Gasteiger partial charge in [-0.05, 0) is 17.7 Å². The maximum atomic E-state index is 12.8. The van der Waals surface area contributed by atoms with E-state index in [-0.39, 0.29) is 30.7 Å². The Morgan fingerprint density at radius 2 is 2.10 bits per heavy atom. The fraction of sp³-hybridized carbons (Fsp3) is 0.429. The number of likely N-dealkylation sites (N-methyl/N-ethyl adjacent to an activating group) is 1. The van der Waals surface area contributed by atoms with Crippen LogP contribution in [0.5, 0.6) is 0 Å². The first-order chi connectivity index (χ1) is 9.54. The smallest absolute Gasteiger partial charge is 0.236 e. The lowest BCUT2D eigenvalue weighted by Crippen LogP contribution is -2.50. The van der Waals surface area contributed by atoms with E-state index in [0.717, 1.165) is 5.56 Å². The number of halogens is 1. The van der Waals surface area contributed by atoms with Gasteiger partial charge in [-0.3, -0.25) is 14.5 Å². The summed E-state index contributed by atoms with van der Waals surface area (Å²) in [6, 6.07) is 6.08. The van der Waals surface area contributed by atoms with Crippen LogP contribution >= 0.6 is 0 Å². The van der Waals surface area contributed by atoms with Crippen molar-refractivity contribution in [2.75, 3.05) is 33.2 Å². The summed E-state index contributed by atoms with van der Waals surface area (Å²) in [7, 11) is 1.70. The molecule has 0 unspecified atom stereocenters. The van der Waals surface area contributed by atoms with Crippen molar-refractivity contribution in [2.45, 2.75) is 6.54 Å². The normalized spacial score (nSPS) is 15.8. The second kappa shape index (κ2) is 6.47. The number of benzene rings is 1. The monoisotopic (exact) mass is 279 g/mol. The zero-order valence-electron chi connectivity index (χ0n) is 11.4. The number of amides is 2. The summed E-state index contributed by atoms with van der Waals surface area (Å²) in [6.45, 7) is 2.18. The van der Waals surface area contributed by atoms with Crippen molar-refractivity contribution in [3.63, 3.8) is 0 Å². The molecule has 5 nitrogen and oxygen atoms in total. The zero-order valence-corrected chi connectivity index (χ0v) is 11.4. The Labute approximate surface area is 117 Å². The molecule has 2 rings (SSSR count). The summed E-state index contributed by atoms with van der Waals surface area (Å²) in [6.07, 6.45) is 0. The third-order valence-corrected chi connectivity index (χ3v) is 3.24. The Kier molecular flexibility index (Phi) is 4.68. The summed E-state index contributed by atoms with van der Waals surface area (Å²) in [5.41, 5.74) is 0.874. The van der Waals surface area contributed by atoms with Gasteiger partial charge in [-0.25, -0.2) is 4.39 Å². The third kappa shape index (κ3) is 4.03. The molecule has 6 heteroatoms. The van der Waals surface area contributed by atoms with Crippen molar-refractivity contribution >= 4 is 11.8 Å². The lowest BCUT2D eigenvalue weighted by atomic mass is 10.2. The molecular weight excluding hydrogens is 261 g/mol. The van der Waals surface area contributed by atoms with Crippen LogP contribution < -0.4 is 5.32 Å². The lowest BCUT2D eigenvalue weighted by Gasteiger charge is -2.27. The molecular formula is C14H18FN3O2. The molecule has 1 aliphatic rings. The van der Waals surface area contributed by atoms with Crippen LogP contribution in [0.2, 0.25) is 0 Å². The highest BCUT2D eigenvalue weighted by Gasteiger charge is 2.20. The minimum absolute atomic E-state index is 0.0507. The standard InChI is InChI=1S/C14H18FN3O2/c1-17(8-11-2-4-12(15)5-3-11)14(20)10-18-7-6-16-13(19)9-18/h2-5H,6-10H2,1H3,(H,16,19). The number of carbonyl (C=O) groups is 2. The van der Waals surface area contributed by atoms with E-state index in [2.05, 4.69) is 5.32 Å². The van der Waals surface area contributed by atoms with Crippen LogP contribution in [-0.4, -0.2) is 54.8 Å². The van der Waals surface area contributed by atoms with Gasteiger partial charge in [-0.2, -0.15) is 0 Å². The van der Waals surface area contributed by atoms with E-state index in [1.165, 1.54) is 12.1 Å². The molecule has 2 amide bonds. The predicted octanol–water partition coefficient (Wildman–Crippen LogP) is 0.216. The molecule has 1 heterocycles. The summed E-state index contributed by atoms with van der Waals surface area (Å²) in [5.74, 6) is -0.392. The summed E-state index contributed by atoms with van der Waals surface area (Å²) in [5, 5.41) is 2.72. The Bertz CT molecular complexity index is 490. The van der Waals surface area contributed by atoms with Gasteiger partial charge in [-0.1, -0.05) is 12.1 Å². The average molecular weight is 279 g/mol. The average Bonchev–Trinajstić information content (AvgIpc) is 2.41. The summed E-state index contributed by atoms with van der Waals surface area (Å²) >= 11 is 0. The van der Waals surface area contributed by atoms with Crippen molar-refractivity contribution < 1.29 is 14.0 Å². The van der Waals surface area contributed by atoms with Gasteiger partial charge in [0.1, 0.15) is 5.82 Å². The van der Waals surface area contributed by atoms with Crippen LogP contribution in [-0.2, 0) is 16.1 Å². The van der Waals surface area contributed by atoms with Crippen LogP contribution in [0.4, 0.5) is 4.39 Å². The topological polar surface area (TPSA) is 52.7 Å². The van der Waals surface area contributed by atoms with Gasteiger partial charge in [0.2, 0.25) is 11.8 Å². The van der Waals surface area contributed by atoms with E-state index in [1.54, 1.807) is 24.1 Å². The Hall–Kier alpha value is -1.95. The van der Waals surface area contributed by atoms with Gasteiger partial charge in [0.15, 0.2) is 0 Å². The fourth-order valence-corrected chi connectivity index (χ4v) is 2.09. The van der Waals surface area contributed by atoms with E-state index in [4.69, 9.17) is 0 Å². The van der Waals surface area contributed by atoms with Gasteiger partial charge in [0.05, 0.1) is 13.1 Å². The van der Waals surface area contributed by atoms with Crippen molar-refractivity contribution in [3.8, 4) is 0 Å². The second-order valence-electron chi connectivity index (χ2n) is 4.94. The van der Waals surface area contributed by atoms with Crippen molar-refractivity contribution in [3.05, 3.63) is 35.6 Å². The second-order valence-corrected chi connectivity index (χ2v) is 4.94. The van der Waals surface area contributed by atoms with Crippen molar-refractivity contribution in [2.24, 2.45) is 0 Å². The van der Waals surface area contributed by atoms with Crippen LogP contribution in [0.3, 0.4) is 0 Å². The number of nitrogens with zero attached hydrogens (tertiary/aromatic N) is 2. The van der Waals surface area contributed by atoms with E-state index in [9.17, 15) is 14.0 Å². The molecule has 0 radical (unpaired) electrons. The van der Waals surface area contributed by atoms with Crippen LogP contribution in [0.1, 0.15) is 5.56 Å². The first-order valence-corrected chi connectivity index (χ1v) is 6.52. The highest BCUT2D eigenvalue weighted by Crippen LogP contribution is 2.06. The Balaban J connectivity index is 1.85. The summed E-state index contributed by atoms with van der Waals surface area (Å²) < 4.78 is 12.8. The quantitative estimate of drug-likeness (QED) is 0.857. The molecule has 1 saturated heterocycles. The number of piperazine rings is 1. The van der Waals surface area contributed by atoms with Crippen LogP contribution in [0.15, 0.2) is 24.3 Å². The molecule has 0 aromatic heterocycles. The molecule has 0 atom stereocenters. The molecule has 1 aromatic carbocycles. The Morgan fingerprint density at radius 3 is 2.75 bits per heavy atom. The van der Waals surface area contributed by atoms with E-state index >= 15 is 0 Å². The van der Waals surface area contributed by atoms with E-state index in [1.807, 2.05) is 4.90 Å². The molecule has 1 N–H and O–H groups in total. The molecule has 0 spiro atoms. The largest absolute Gasteiger partial charge is 0.354 e. The number of carbonyl (C=O) groups excluding carboxylic acids is 2. The fourth-order valence-electron chi connectivity index (χ4n) is 2.09. The molecule has 108 valence electrons. The minimum Gasteiger partial charge on any atom is -0.354 e. The van der Waals surface area contributed by atoms with E-state index < -0.39 is 0 Å². The molecule has 1 aromatic rings. The molecule has 0 bridgehead atoms. The first-order valence-electron chi connectivity index (χ1n) is 6.52. The number of rotatable bonds is 4. The van der Waals surface area contributed by atoms with Gasteiger partial charge in [0.25, 0.3) is 0 Å².